The molecule has 0 radical (unpaired) electrons. The maximum atomic E-state index is 13.0. The highest BCUT2D eigenvalue weighted by molar-refractivity contribution is 6.32. The van der Waals surface area contributed by atoms with Gasteiger partial charge in [0.15, 0.2) is 0 Å². The van der Waals surface area contributed by atoms with Gasteiger partial charge in [0.05, 0.1) is 23.7 Å². The van der Waals surface area contributed by atoms with E-state index in [2.05, 4.69) is 21.3 Å². The predicted octanol–water partition coefficient (Wildman–Crippen LogP) is -0.469. The van der Waals surface area contributed by atoms with Gasteiger partial charge in [-0.1, -0.05) is 31.5 Å². The normalized spacial score (nSPS) is 19.4. The van der Waals surface area contributed by atoms with Crippen LogP contribution in [-0.4, -0.2) is 90.2 Å². The Balaban J connectivity index is 2.09. The van der Waals surface area contributed by atoms with Gasteiger partial charge < -0.3 is 31.5 Å². The van der Waals surface area contributed by atoms with E-state index in [4.69, 9.17) is 11.6 Å². The minimum atomic E-state index is -1.05. The first kappa shape index (κ1) is 29.3. The number of benzene rings is 1. The molecule has 0 bridgehead atoms. The van der Waals surface area contributed by atoms with Crippen LogP contribution in [0.1, 0.15) is 32.3 Å². The van der Waals surface area contributed by atoms with Crippen molar-refractivity contribution in [3.63, 3.8) is 0 Å². The van der Waals surface area contributed by atoms with E-state index < -0.39 is 48.5 Å². The Kier molecular flexibility index (Phi) is 10.9. The molecule has 1 aromatic carbocycles. The summed E-state index contributed by atoms with van der Waals surface area (Å²) < 4.78 is 0. The first-order valence-electron chi connectivity index (χ1n) is 11.9. The van der Waals surface area contributed by atoms with E-state index >= 15 is 0 Å². The van der Waals surface area contributed by atoms with E-state index in [9.17, 15) is 29.4 Å². The van der Waals surface area contributed by atoms with Crippen LogP contribution in [0.3, 0.4) is 0 Å². The second-order valence-corrected chi connectivity index (χ2v) is 9.88. The van der Waals surface area contributed by atoms with E-state index in [1.165, 1.54) is 19.2 Å². The fourth-order valence-corrected chi connectivity index (χ4v) is 4.29. The van der Waals surface area contributed by atoms with Crippen LogP contribution < -0.4 is 21.3 Å². The third kappa shape index (κ3) is 8.65. The molecule has 1 heterocycles. The Morgan fingerprint density at radius 2 is 1.83 bits per heavy atom. The summed E-state index contributed by atoms with van der Waals surface area (Å²) in [5, 5.41) is 30.0. The Bertz CT molecular complexity index is 959. The van der Waals surface area contributed by atoms with Crippen molar-refractivity contribution in [2.75, 3.05) is 27.2 Å². The van der Waals surface area contributed by atoms with E-state index in [1.54, 1.807) is 18.0 Å². The molecule has 1 aliphatic heterocycles. The third-order valence-electron chi connectivity index (χ3n) is 5.94. The topological polar surface area (TPSA) is 160 Å². The van der Waals surface area contributed by atoms with Gasteiger partial charge in [0.2, 0.25) is 23.6 Å². The van der Waals surface area contributed by atoms with Crippen molar-refractivity contribution >= 4 is 35.2 Å². The number of carbonyl (C=O) groups excluding carboxylic acids is 4. The maximum Gasteiger partial charge on any atom is 0.243 e. The summed E-state index contributed by atoms with van der Waals surface area (Å²) in [6.45, 7) is 3.79. The summed E-state index contributed by atoms with van der Waals surface area (Å²) in [6.07, 6.45) is 0.0740. The number of likely N-dealkylation sites (N-methyl/N-ethyl adjacent to an activating group) is 2. The largest absolute Gasteiger partial charge is 0.506 e. The van der Waals surface area contributed by atoms with Crippen LogP contribution in [0.25, 0.3) is 0 Å². The van der Waals surface area contributed by atoms with Crippen LogP contribution in [-0.2, 0) is 25.6 Å². The number of aliphatic hydroxyl groups excluding tert-OH is 1. The Morgan fingerprint density at radius 3 is 2.39 bits per heavy atom. The molecule has 12 heteroatoms. The minimum absolute atomic E-state index is 0.0480. The molecular formula is C24H36ClN5O6. The number of nitrogens with one attached hydrogen (secondary N) is 4. The SMILES string of the molecule is CNC(=O)[C@H](CC(C)C)NC(=O)CNC(=O)[C@H](Cc1ccc(O)c(Cl)c1)NC(=O)[C@@H]1C[C@@H](O)CN1C. The fraction of sp³-hybridized carbons (Fsp3) is 0.583. The highest BCUT2D eigenvalue weighted by atomic mass is 35.5. The van der Waals surface area contributed by atoms with Crippen molar-refractivity contribution in [2.24, 2.45) is 5.92 Å². The molecule has 2 rings (SSSR count). The lowest BCUT2D eigenvalue weighted by Gasteiger charge is -2.24. The molecule has 1 aliphatic rings. The highest BCUT2D eigenvalue weighted by Crippen LogP contribution is 2.24. The number of carbonyl (C=O) groups is 4. The van der Waals surface area contributed by atoms with E-state index in [0.717, 1.165) is 0 Å². The molecule has 1 fully saturated rings. The molecule has 4 atom stereocenters. The van der Waals surface area contributed by atoms with Crippen LogP contribution in [0.5, 0.6) is 5.75 Å². The van der Waals surface area contributed by atoms with E-state index in [0.29, 0.717) is 18.5 Å². The van der Waals surface area contributed by atoms with Gasteiger partial charge in [0, 0.05) is 20.0 Å². The molecule has 6 N–H and O–H groups in total. The second-order valence-electron chi connectivity index (χ2n) is 9.48. The molecule has 0 aromatic heterocycles. The van der Waals surface area contributed by atoms with Gasteiger partial charge in [-0.25, -0.2) is 0 Å². The third-order valence-corrected chi connectivity index (χ3v) is 6.24. The summed E-state index contributed by atoms with van der Waals surface area (Å²) in [5.41, 5.74) is 0.583. The number of aromatic hydroxyl groups is 1. The van der Waals surface area contributed by atoms with Crippen molar-refractivity contribution in [2.45, 2.75) is 57.3 Å². The average Bonchev–Trinajstić information content (AvgIpc) is 3.15. The standard InChI is InChI=1S/C24H36ClN5O6/c1-13(2)7-17(22(34)26-3)28-21(33)11-27-23(35)18(9-14-5-6-20(32)16(25)8-14)29-24(36)19-10-15(31)12-30(19)4/h5-6,8,13,15,17-19,31-32H,7,9-12H2,1-4H3,(H,26,34)(H,27,35)(H,28,33)(H,29,36)/t15-,17+,18+,19+/m1/s1. The molecule has 0 spiro atoms. The number of phenols is 1. The molecule has 0 saturated carbocycles. The van der Waals surface area contributed by atoms with Crippen molar-refractivity contribution in [1.82, 2.24) is 26.2 Å². The van der Waals surface area contributed by atoms with Crippen LogP contribution in [0.2, 0.25) is 5.02 Å². The summed E-state index contributed by atoms with van der Waals surface area (Å²) in [5.74, 6) is -1.87. The Morgan fingerprint density at radius 1 is 1.14 bits per heavy atom. The molecule has 36 heavy (non-hydrogen) atoms. The van der Waals surface area contributed by atoms with Crippen LogP contribution >= 0.6 is 11.6 Å². The number of likely N-dealkylation sites (tertiary alicyclic amines) is 1. The fourth-order valence-electron chi connectivity index (χ4n) is 4.08. The zero-order valence-corrected chi connectivity index (χ0v) is 21.8. The summed E-state index contributed by atoms with van der Waals surface area (Å²) in [4.78, 5) is 52.1. The number of rotatable bonds is 11. The number of aliphatic hydroxyl groups is 1. The molecule has 0 unspecified atom stereocenters. The average molecular weight is 526 g/mol. The maximum absolute atomic E-state index is 13.0. The van der Waals surface area contributed by atoms with E-state index in [1.807, 2.05) is 13.8 Å². The number of halogens is 1. The van der Waals surface area contributed by atoms with Gasteiger partial charge in [0.1, 0.15) is 17.8 Å². The highest BCUT2D eigenvalue weighted by Gasteiger charge is 2.35. The Labute approximate surface area is 215 Å². The van der Waals surface area contributed by atoms with E-state index in [-0.39, 0.29) is 35.4 Å². The van der Waals surface area contributed by atoms with Crippen molar-refractivity contribution in [3.05, 3.63) is 28.8 Å². The summed E-state index contributed by atoms with van der Waals surface area (Å²) in [7, 11) is 3.19. The van der Waals surface area contributed by atoms with Gasteiger partial charge in [-0.2, -0.15) is 0 Å². The summed E-state index contributed by atoms with van der Waals surface area (Å²) >= 11 is 5.99. The van der Waals surface area contributed by atoms with Crippen LogP contribution in [0.15, 0.2) is 18.2 Å². The second kappa shape index (κ2) is 13.4. The predicted molar refractivity (Wildman–Crippen MR) is 134 cm³/mol. The van der Waals surface area contributed by atoms with Gasteiger partial charge in [-0.05, 0) is 43.5 Å². The lowest BCUT2D eigenvalue weighted by molar-refractivity contribution is -0.132. The number of β-amino-alcohol motifs (C(OH)–C–C–N with tert-alkyl or cyclic N) is 1. The molecule has 11 nitrogen and oxygen atoms in total. The molecule has 1 aromatic rings. The van der Waals surface area contributed by atoms with Crippen molar-refractivity contribution in [3.8, 4) is 5.75 Å². The minimum Gasteiger partial charge on any atom is -0.506 e. The molecule has 0 aliphatic carbocycles. The first-order valence-corrected chi connectivity index (χ1v) is 12.2. The van der Waals surface area contributed by atoms with Gasteiger partial charge in [0.25, 0.3) is 0 Å². The lowest BCUT2D eigenvalue weighted by Crippen LogP contribution is -2.54. The van der Waals surface area contributed by atoms with Gasteiger partial charge in [-0.3, -0.25) is 24.1 Å². The van der Waals surface area contributed by atoms with Gasteiger partial charge >= 0.3 is 0 Å². The van der Waals surface area contributed by atoms with Crippen molar-refractivity contribution < 1.29 is 29.4 Å². The monoisotopic (exact) mass is 525 g/mol. The molecule has 4 amide bonds. The lowest BCUT2D eigenvalue weighted by atomic mass is 10.0. The number of phenolic OH excluding ortho intramolecular Hbond substituents is 1. The molecule has 200 valence electrons. The molecular weight excluding hydrogens is 490 g/mol. The number of amides is 4. The Hall–Kier alpha value is -2.89. The summed E-state index contributed by atoms with van der Waals surface area (Å²) in [6, 6.07) is 2.05. The zero-order chi connectivity index (χ0) is 27.0. The zero-order valence-electron chi connectivity index (χ0n) is 21.0. The van der Waals surface area contributed by atoms with Crippen molar-refractivity contribution in [1.29, 1.82) is 0 Å². The number of hydrogen-bond acceptors (Lipinski definition) is 7. The number of hydrogen-bond donors (Lipinski definition) is 6. The number of nitrogens with zero attached hydrogens (tertiary/aromatic N) is 1. The van der Waals surface area contributed by atoms with Crippen LogP contribution in [0, 0.1) is 5.92 Å². The molecule has 1 saturated heterocycles. The van der Waals surface area contributed by atoms with Gasteiger partial charge in [-0.15, -0.1) is 0 Å². The quantitative estimate of drug-likeness (QED) is 0.228. The van der Waals surface area contributed by atoms with Crippen LogP contribution in [0.4, 0.5) is 0 Å². The smallest absolute Gasteiger partial charge is 0.243 e. The first-order chi connectivity index (χ1) is 16.9.